The van der Waals surface area contributed by atoms with Crippen molar-refractivity contribution in [3.8, 4) is 5.75 Å². The van der Waals surface area contributed by atoms with E-state index in [2.05, 4.69) is 0 Å². The summed E-state index contributed by atoms with van der Waals surface area (Å²) in [6, 6.07) is 9.36. The van der Waals surface area contributed by atoms with Crippen LogP contribution in [-0.4, -0.2) is 17.0 Å². The van der Waals surface area contributed by atoms with Gasteiger partial charge < -0.3 is 9.84 Å². The van der Waals surface area contributed by atoms with Gasteiger partial charge in [-0.25, -0.2) is 0 Å². The van der Waals surface area contributed by atoms with Gasteiger partial charge in [-0.1, -0.05) is 185 Å². The first-order chi connectivity index (χ1) is 20.7. The van der Waals surface area contributed by atoms with Crippen molar-refractivity contribution >= 4 is 11.9 Å². The number of carbonyl (C=O) groups excluding carboxylic acids is 1. The lowest BCUT2D eigenvalue weighted by Crippen LogP contribution is -2.07. The molecule has 1 N–H and O–H groups in total. The molecule has 0 fully saturated rings. The van der Waals surface area contributed by atoms with Gasteiger partial charge >= 0.3 is 11.9 Å². The van der Waals surface area contributed by atoms with E-state index in [0.29, 0.717) is 18.6 Å². The number of unbranched alkanes of at least 4 members (excludes halogenated alkanes) is 27. The summed E-state index contributed by atoms with van der Waals surface area (Å²) in [6.07, 6.45) is 38.0. The lowest BCUT2D eigenvalue weighted by molar-refractivity contribution is -0.137. The minimum atomic E-state index is -0.656. The summed E-state index contributed by atoms with van der Waals surface area (Å²) >= 11 is 0. The molecule has 0 amide bonds. The van der Waals surface area contributed by atoms with Crippen LogP contribution in [0.3, 0.4) is 0 Å². The van der Waals surface area contributed by atoms with Crippen LogP contribution < -0.4 is 4.74 Å². The largest absolute Gasteiger partial charge is 0.481 e. The van der Waals surface area contributed by atoms with Crippen molar-refractivity contribution in [2.45, 2.75) is 193 Å². The summed E-state index contributed by atoms with van der Waals surface area (Å²) in [4.78, 5) is 22.3. The SMILES string of the molecule is O=C(O)CCCCCCCCCCCCCCCCCCCCCCCCCCCCCCC(=O)Oc1ccccc1. The number of benzene rings is 1. The number of hydrogen-bond donors (Lipinski definition) is 1. The van der Waals surface area contributed by atoms with Gasteiger partial charge in [0.25, 0.3) is 0 Å². The van der Waals surface area contributed by atoms with Gasteiger partial charge in [-0.05, 0) is 25.0 Å². The summed E-state index contributed by atoms with van der Waals surface area (Å²) in [7, 11) is 0. The third-order valence-electron chi connectivity index (χ3n) is 8.50. The molecular weight excluding hydrogens is 520 g/mol. The number of hydrogen-bond acceptors (Lipinski definition) is 3. The van der Waals surface area contributed by atoms with Crippen molar-refractivity contribution in [3.05, 3.63) is 30.3 Å². The van der Waals surface area contributed by atoms with Crippen LogP contribution in [0.5, 0.6) is 5.75 Å². The molecule has 4 heteroatoms. The van der Waals surface area contributed by atoms with Gasteiger partial charge in [0.15, 0.2) is 0 Å². The number of para-hydroxylation sites is 1. The fraction of sp³-hybridized carbons (Fsp3) is 0.789. The van der Waals surface area contributed by atoms with E-state index in [0.717, 1.165) is 25.7 Å². The van der Waals surface area contributed by atoms with Gasteiger partial charge in [-0.2, -0.15) is 0 Å². The molecule has 4 nitrogen and oxygen atoms in total. The molecule has 0 aromatic heterocycles. The highest BCUT2D eigenvalue weighted by Gasteiger charge is 2.04. The molecular formula is C38H66O4. The summed E-state index contributed by atoms with van der Waals surface area (Å²) in [5, 5.41) is 8.63. The highest BCUT2D eigenvalue weighted by Crippen LogP contribution is 2.17. The molecule has 0 heterocycles. The van der Waals surface area contributed by atoms with Crippen LogP contribution in [0.1, 0.15) is 193 Å². The summed E-state index contributed by atoms with van der Waals surface area (Å²) in [6.45, 7) is 0. The van der Waals surface area contributed by atoms with E-state index >= 15 is 0 Å². The Morgan fingerprint density at radius 2 is 0.667 bits per heavy atom. The first kappa shape index (κ1) is 38.2. The third-order valence-corrected chi connectivity index (χ3v) is 8.50. The Balaban J connectivity index is 1.65. The van der Waals surface area contributed by atoms with Crippen LogP contribution in [0.15, 0.2) is 30.3 Å². The molecule has 0 spiro atoms. The monoisotopic (exact) mass is 586 g/mol. The molecule has 0 aliphatic rings. The van der Waals surface area contributed by atoms with E-state index in [4.69, 9.17) is 9.84 Å². The molecule has 42 heavy (non-hydrogen) atoms. The minimum Gasteiger partial charge on any atom is -0.481 e. The van der Waals surface area contributed by atoms with Crippen LogP contribution in [0.25, 0.3) is 0 Å². The molecule has 0 saturated carbocycles. The van der Waals surface area contributed by atoms with Gasteiger partial charge in [0.2, 0.25) is 0 Å². The topological polar surface area (TPSA) is 63.6 Å². The summed E-state index contributed by atoms with van der Waals surface area (Å²) in [5.41, 5.74) is 0. The van der Waals surface area contributed by atoms with E-state index in [1.54, 1.807) is 0 Å². The van der Waals surface area contributed by atoms with Gasteiger partial charge in [0.1, 0.15) is 5.75 Å². The Morgan fingerprint density at radius 3 is 0.952 bits per heavy atom. The number of carboxylic acids is 1. The Bertz CT molecular complexity index is 717. The molecule has 1 aromatic rings. The average Bonchev–Trinajstić information content (AvgIpc) is 2.98. The Hall–Kier alpha value is -1.84. The van der Waals surface area contributed by atoms with E-state index in [-0.39, 0.29) is 5.97 Å². The van der Waals surface area contributed by atoms with E-state index in [1.165, 1.54) is 154 Å². The van der Waals surface area contributed by atoms with Crippen LogP contribution in [0.2, 0.25) is 0 Å². The third kappa shape index (κ3) is 28.3. The zero-order valence-corrected chi connectivity index (χ0v) is 27.3. The normalized spacial score (nSPS) is 11.1. The second-order valence-corrected chi connectivity index (χ2v) is 12.6. The number of ether oxygens (including phenoxy) is 1. The molecule has 0 aliphatic carbocycles. The summed E-state index contributed by atoms with van der Waals surface area (Å²) in [5.74, 6) is -0.117. The first-order valence-corrected chi connectivity index (χ1v) is 18.2. The van der Waals surface area contributed by atoms with Crippen molar-refractivity contribution in [1.29, 1.82) is 0 Å². The number of aliphatic carboxylic acids is 1. The molecule has 1 aromatic carbocycles. The predicted molar refractivity (Wildman–Crippen MR) is 178 cm³/mol. The second kappa shape index (κ2) is 30.6. The van der Waals surface area contributed by atoms with Crippen LogP contribution in [-0.2, 0) is 9.59 Å². The molecule has 0 bridgehead atoms. The average molecular weight is 587 g/mol. The Labute approximate surface area is 259 Å². The molecule has 0 unspecified atom stereocenters. The minimum absolute atomic E-state index is 0.109. The van der Waals surface area contributed by atoms with Crippen molar-refractivity contribution in [2.24, 2.45) is 0 Å². The van der Waals surface area contributed by atoms with Gasteiger partial charge in [-0.15, -0.1) is 0 Å². The quantitative estimate of drug-likeness (QED) is 0.0518. The predicted octanol–water partition coefficient (Wildman–Crippen LogP) is 12.4. The lowest BCUT2D eigenvalue weighted by atomic mass is 10.0. The van der Waals surface area contributed by atoms with Crippen molar-refractivity contribution in [2.75, 3.05) is 0 Å². The highest BCUT2D eigenvalue weighted by molar-refractivity contribution is 5.72. The van der Waals surface area contributed by atoms with Gasteiger partial charge in [0, 0.05) is 12.8 Å². The fourth-order valence-electron chi connectivity index (χ4n) is 5.81. The molecule has 0 saturated heterocycles. The van der Waals surface area contributed by atoms with Crippen LogP contribution in [0.4, 0.5) is 0 Å². The maximum Gasteiger partial charge on any atom is 0.311 e. The van der Waals surface area contributed by atoms with Crippen LogP contribution in [0, 0.1) is 0 Å². The van der Waals surface area contributed by atoms with E-state index < -0.39 is 5.97 Å². The fourth-order valence-corrected chi connectivity index (χ4v) is 5.81. The second-order valence-electron chi connectivity index (χ2n) is 12.6. The molecule has 242 valence electrons. The first-order valence-electron chi connectivity index (χ1n) is 18.2. The van der Waals surface area contributed by atoms with Crippen LogP contribution >= 0.6 is 0 Å². The number of rotatable bonds is 32. The number of carboxylic acid groups (broad SMARTS) is 1. The smallest absolute Gasteiger partial charge is 0.311 e. The maximum atomic E-state index is 11.8. The van der Waals surface area contributed by atoms with E-state index in [9.17, 15) is 9.59 Å². The van der Waals surface area contributed by atoms with Crippen molar-refractivity contribution in [1.82, 2.24) is 0 Å². The zero-order chi connectivity index (χ0) is 30.2. The standard InChI is InChI=1S/C38H66O4/c39-37(40)34-30-25-23-21-19-17-15-13-11-9-7-5-3-1-2-4-6-8-10-12-14-16-18-20-22-24-26-31-35-38(41)42-36-32-28-27-29-33-36/h27-29,32-33H,1-26,30-31,34-35H2,(H,39,40). The number of esters is 1. The van der Waals surface area contributed by atoms with E-state index in [1.807, 2.05) is 30.3 Å². The molecule has 0 atom stereocenters. The number of carbonyl (C=O) groups is 2. The molecule has 0 radical (unpaired) electrons. The maximum absolute atomic E-state index is 11.8. The molecule has 1 rings (SSSR count). The van der Waals surface area contributed by atoms with Gasteiger partial charge in [0.05, 0.1) is 0 Å². The van der Waals surface area contributed by atoms with Gasteiger partial charge in [-0.3, -0.25) is 9.59 Å². The van der Waals surface area contributed by atoms with Crippen molar-refractivity contribution < 1.29 is 19.4 Å². The summed E-state index contributed by atoms with van der Waals surface area (Å²) < 4.78 is 5.33. The highest BCUT2D eigenvalue weighted by atomic mass is 16.5. The molecule has 0 aliphatic heterocycles. The van der Waals surface area contributed by atoms with Crippen molar-refractivity contribution in [3.63, 3.8) is 0 Å². The Kier molecular flexibility index (Phi) is 27.8. The zero-order valence-electron chi connectivity index (χ0n) is 27.3. The lowest BCUT2D eigenvalue weighted by Gasteiger charge is -2.05. The Morgan fingerprint density at radius 1 is 0.405 bits per heavy atom.